The van der Waals surface area contributed by atoms with Gasteiger partial charge in [-0.1, -0.05) is 44.5 Å². The van der Waals surface area contributed by atoms with Gasteiger partial charge >= 0.3 is 0 Å². The van der Waals surface area contributed by atoms with Crippen molar-refractivity contribution in [3.05, 3.63) is 212 Å². The van der Waals surface area contributed by atoms with E-state index >= 15 is 0 Å². The van der Waals surface area contributed by atoms with Gasteiger partial charge in [-0.2, -0.15) is 0 Å². The van der Waals surface area contributed by atoms with Crippen LogP contribution in [0.2, 0.25) is 0 Å². The van der Waals surface area contributed by atoms with Gasteiger partial charge in [0.1, 0.15) is 36.1 Å². The number of nitrogens with one attached hydrogen (secondary N) is 2. The minimum absolute atomic E-state index is 0.102. The first-order valence-corrected chi connectivity index (χ1v) is 27.9. The second-order valence-corrected chi connectivity index (χ2v) is 20.6. The smallest absolute Gasteiger partial charge is 0.270 e. The zero-order chi connectivity index (χ0) is 60.6. The van der Waals surface area contributed by atoms with Gasteiger partial charge < -0.3 is 25.0 Å². The van der Waals surface area contributed by atoms with Gasteiger partial charge in [-0.15, -0.1) is 0 Å². The minimum atomic E-state index is -1.07. The molecule has 2 aromatic heterocycles. The number of carbonyl (C=O) groups is 4. The molecule has 0 atom stereocenters. The Hall–Kier alpha value is -8.62. The summed E-state index contributed by atoms with van der Waals surface area (Å²) in [5, 5.41) is 5.75. The Kier molecular flexibility index (Phi) is 21.9. The van der Waals surface area contributed by atoms with Crippen LogP contribution in [0.15, 0.2) is 132 Å². The first-order chi connectivity index (χ1) is 40.9. The summed E-state index contributed by atoms with van der Waals surface area (Å²) in [5.74, 6) is -9.04. The molecule has 1 aliphatic heterocycles. The quantitative estimate of drug-likeness (QED) is 0.0631. The maximum absolute atomic E-state index is 13.8. The van der Waals surface area contributed by atoms with E-state index in [9.17, 15) is 54.3 Å². The average Bonchev–Trinajstić information content (AvgIpc) is 3.69. The number of ketones is 2. The Morgan fingerprint density at radius 1 is 0.506 bits per heavy atom. The largest absolute Gasteiger partial charge is 0.491 e. The Balaban J connectivity index is 0.000000221. The molecule has 9 rings (SSSR count). The van der Waals surface area contributed by atoms with Gasteiger partial charge in [-0.25, -0.2) is 45.1 Å². The standard InChI is InChI=1S/C33H31F4N3O3.C32H31F4N3O3/c34-27-7-4-21(16-29(27)36)14-23-18-25(19-24(32(23)41)15-22-5-8-28(35)30(37)17-22)39-33(42)31-9-6-26(20-38-31)43-13-12-40-10-2-1-3-11-40;1-3-39(4-2)11-12-42-25-7-10-30(37-19-25)32(41)38-24-17-22(13-20-5-8-26(33)28(35)15-20)31(40)23(18-24)14-21-6-9-27(34)29(36)16-21/h4-9,14-17,20,25H,1-3,10-13,18-19H2,(H,39,42);5-10,13-16,19,24H,3-4,11-12,17-18H2,1-2H3,(H,38,41)/b23-14+,24-15+;22-13+,23-14+. The van der Waals surface area contributed by atoms with Crippen LogP contribution in [0.5, 0.6) is 11.5 Å². The molecule has 1 saturated heterocycles. The third-order valence-corrected chi connectivity index (χ3v) is 14.5. The third-order valence-electron chi connectivity index (χ3n) is 14.5. The number of Topliss-reactive ketones (excluding diaryl/α,β-unsaturated/α-hetero) is 2. The minimum Gasteiger partial charge on any atom is -0.491 e. The molecular formula is C65H62F8N6O6. The van der Waals surface area contributed by atoms with Crippen LogP contribution in [0, 0.1) is 46.5 Å². The Morgan fingerprint density at radius 3 is 1.18 bits per heavy atom. The van der Waals surface area contributed by atoms with E-state index in [0.29, 0.717) is 24.7 Å². The van der Waals surface area contributed by atoms with E-state index in [0.717, 1.165) is 87.8 Å². The second kappa shape index (κ2) is 29.8. The molecule has 2 saturated carbocycles. The summed E-state index contributed by atoms with van der Waals surface area (Å²) in [6.45, 7) is 10.7. The number of amides is 2. The number of rotatable bonds is 18. The zero-order valence-electron chi connectivity index (χ0n) is 46.7. The van der Waals surface area contributed by atoms with Crippen molar-refractivity contribution in [3.63, 3.8) is 0 Å². The maximum Gasteiger partial charge on any atom is 0.270 e. The van der Waals surface area contributed by atoms with Crippen LogP contribution in [-0.2, 0) is 9.59 Å². The van der Waals surface area contributed by atoms with E-state index in [2.05, 4.69) is 44.2 Å². The van der Waals surface area contributed by atoms with Crippen LogP contribution in [-0.4, -0.2) is 108 Å². The number of halogens is 8. The topological polar surface area (TPSA) is 143 Å². The molecule has 20 heteroatoms. The van der Waals surface area contributed by atoms with Crippen molar-refractivity contribution in [1.82, 2.24) is 30.4 Å². The lowest BCUT2D eigenvalue weighted by Crippen LogP contribution is -2.39. The summed E-state index contributed by atoms with van der Waals surface area (Å²) in [4.78, 5) is 65.8. The van der Waals surface area contributed by atoms with Gasteiger partial charge in [-0.05, 0) is 184 Å². The molecule has 4 aromatic carbocycles. The molecule has 444 valence electrons. The van der Waals surface area contributed by atoms with Gasteiger partial charge in [0.25, 0.3) is 11.8 Å². The summed E-state index contributed by atoms with van der Waals surface area (Å²) < 4.78 is 121. The molecular weight excluding hydrogens is 1110 g/mol. The molecule has 3 heterocycles. The molecule has 2 N–H and O–H groups in total. The molecule has 0 bridgehead atoms. The fourth-order valence-corrected chi connectivity index (χ4v) is 9.93. The number of likely N-dealkylation sites (tertiary alicyclic amines) is 1. The zero-order valence-corrected chi connectivity index (χ0v) is 46.7. The lowest BCUT2D eigenvalue weighted by molar-refractivity contribution is -0.113. The summed E-state index contributed by atoms with van der Waals surface area (Å²) in [7, 11) is 0. The van der Waals surface area contributed by atoms with Crippen LogP contribution in [0.1, 0.15) is 102 Å². The first kappa shape index (κ1) is 62.4. The van der Waals surface area contributed by atoms with E-state index in [1.165, 1.54) is 86.3 Å². The average molecular weight is 1180 g/mol. The number of hydrogen-bond donors (Lipinski definition) is 2. The van der Waals surface area contributed by atoms with Crippen molar-refractivity contribution in [2.45, 2.75) is 70.9 Å². The number of ether oxygens (including phenoxy) is 2. The fourth-order valence-electron chi connectivity index (χ4n) is 9.93. The predicted molar refractivity (Wildman–Crippen MR) is 306 cm³/mol. The number of likely N-dealkylation sites (N-methyl/N-ethyl adjacent to an activating group) is 1. The fraction of sp³-hybridized carbons (Fsp3) is 0.292. The molecule has 2 aliphatic carbocycles. The molecule has 0 spiro atoms. The summed E-state index contributed by atoms with van der Waals surface area (Å²) >= 11 is 0. The predicted octanol–water partition coefficient (Wildman–Crippen LogP) is 12.1. The van der Waals surface area contributed by atoms with Crippen molar-refractivity contribution in [2.75, 3.05) is 52.5 Å². The van der Waals surface area contributed by atoms with Gasteiger partial charge in [0.15, 0.2) is 58.1 Å². The van der Waals surface area contributed by atoms with E-state index in [4.69, 9.17) is 9.47 Å². The highest BCUT2D eigenvalue weighted by molar-refractivity contribution is 6.15. The van der Waals surface area contributed by atoms with Crippen molar-refractivity contribution in [3.8, 4) is 11.5 Å². The highest BCUT2D eigenvalue weighted by Gasteiger charge is 2.31. The number of carbonyl (C=O) groups excluding carboxylic acids is 4. The van der Waals surface area contributed by atoms with Gasteiger partial charge in [0, 0.05) is 47.5 Å². The van der Waals surface area contributed by atoms with Crippen molar-refractivity contribution in [2.24, 2.45) is 0 Å². The number of pyridine rings is 2. The Labute approximate surface area is 487 Å². The van der Waals surface area contributed by atoms with Crippen LogP contribution in [0.25, 0.3) is 24.3 Å². The van der Waals surface area contributed by atoms with Crippen LogP contribution in [0.4, 0.5) is 35.1 Å². The highest BCUT2D eigenvalue weighted by Crippen LogP contribution is 2.32. The van der Waals surface area contributed by atoms with E-state index in [1.807, 2.05) is 0 Å². The first-order valence-electron chi connectivity index (χ1n) is 27.9. The van der Waals surface area contributed by atoms with Crippen LogP contribution < -0.4 is 20.1 Å². The molecule has 0 unspecified atom stereocenters. The van der Waals surface area contributed by atoms with Gasteiger partial charge in [-0.3, -0.25) is 24.1 Å². The lowest BCUT2D eigenvalue weighted by atomic mass is 9.83. The SMILES string of the molecule is CCN(CC)CCOc1ccc(C(=O)NC2C/C(=C\c3ccc(F)c(F)c3)C(=O)/C(=C/c3ccc(F)c(F)c3)C2)nc1.O=C1/C(=C/c2ccc(F)c(F)c2)CC(NC(=O)c2ccc(OCCN3CCCCC3)cn2)C/C1=C\c1ccc(F)c(F)c1. The molecule has 3 fully saturated rings. The van der Waals surface area contributed by atoms with Crippen molar-refractivity contribution >= 4 is 47.7 Å². The summed E-state index contributed by atoms with van der Waals surface area (Å²) in [6.07, 6.45) is 12.7. The second-order valence-electron chi connectivity index (χ2n) is 20.6. The van der Waals surface area contributed by atoms with Gasteiger partial charge in [0.2, 0.25) is 0 Å². The van der Waals surface area contributed by atoms with Crippen molar-refractivity contribution in [1.29, 1.82) is 0 Å². The van der Waals surface area contributed by atoms with Gasteiger partial charge in [0.05, 0.1) is 12.4 Å². The van der Waals surface area contributed by atoms with Crippen LogP contribution >= 0.6 is 0 Å². The maximum atomic E-state index is 13.8. The van der Waals surface area contributed by atoms with E-state index < -0.39 is 82.0 Å². The number of benzene rings is 4. The molecule has 6 aromatic rings. The number of aromatic nitrogens is 2. The molecule has 2 amide bonds. The molecule has 85 heavy (non-hydrogen) atoms. The molecule has 12 nitrogen and oxygen atoms in total. The normalized spacial score (nSPS) is 18.4. The number of nitrogens with zero attached hydrogens (tertiary/aromatic N) is 4. The molecule has 3 aliphatic rings. The number of piperidine rings is 1. The number of hydrogen-bond acceptors (Lipinski definition) is 10. The van der Waals surface area contributed by atoms with E-state index in [-0.39, 0.29) is 81.6 Å². The van der Waals surface area contributed by atoms with Crippen molar-refractivity contribution < 1.29 is 63.8 Å². The third kappa shape index (κ3) is 17.7. The lowest BCUT2D eigenvalue weighted by Gasteiger charge is -2.27. The Bertz CT molecular complexity index is 3360. The monoisotopic (exact) mass is 1170 g/mol. The molecule has 0 radical (unpaired) electrons. The van der Waals surface area contributed by atoms with E-state index in [1.54, 1.807) is 18.2 Å². The highest BCUT2D eigenvalue weighted by atomic mass is 19.2. The van der Waals surface area contributed by atoms with Crippen LogP contribution in [0.3, 0.4) is 0 Å². The summed E-state index contributed by atoms with van der Waals surface area (Å²) in [6, 6.07) is 18.3. The summed E-state index contributed by atoms with van der Waals surface area (Å²) in [5.41, 5.74) is 2.27. The Morgan fingerprint density at radius 2 is 0.859 bits per heavy atom.